The van der Waals surface area contributed by atoms with E-state index in [0.29, 0.717) is 18.6 Å². The summed E-state index contributed by atoms with van der Waals surface area (Å²) in [7, 11) is 0. The number of alkyl halides is 2. The molecule has 2 rings (SSSR count). The van der Waals surface area contributed by atoms with Crippen molar-refractivity contribution in [1.29, 1.82) is 0 Å². The molecular weight excluding hydrogens is 226 g/mol. The number of aliphatic hydroxyl groups excluding tert-OH is 1. The number of furan rings is 1. The van der Waals surface area contributed by atoms with Gasteiger partial charge in [-0.05, 0) is 43.7 Å². The molecule has 1 aliphatic rings. The third-order valence-electron chi connectivity index (χ3n) is 3.50. The second-order valence-electron chi connectivity index (χ2n) is 5.04. The molecule has 0 aromatic carbocycles. The van der Waals surface area contributed by atoms with Crippen LogP contribution in [0.3, 0.4) is 0 Å². The average molecular weight is 244 g/mol. The van der Waals surface area contributed by atoms with E-state index in [0.717, 1.165) is 12.0 Å². The van der Waals surface area contributed by atoms with Crippen LogP contribution in [-0.4, -0.2) is 11.0 Å². The molecule has 0 radical (unpaired) electrons. The Bertz CT molecular complexity index is 373. The Morgan fingerprint density at radius 2 is 2.35 bits per heavy atom. The zero-order valence-corrected chi connectivity index (χ0v) is 9.96. The Morgan fingerprint density at radius 1 is 1.59 bits per heavy atom. The van der Waals surface area contributed by atoms with Crippen molar-refractivity contribution in [2.75, 3.05) is 0 Å². The standard InChI is InChI=1S/C13H18F2O2/c1-9-4-6-17-12(9)11(16)7-10-3-2-5-13(14,15)8-10/h4,6,10-11,16H,2-3,5,7-8H2,1H3. The highest BCUT2D eigenvalue weighted by molar-refractivity contribution is 5.16. The predicted molar refractivity (Wildman–Crippen MR) is 59.9 cm³/mol. The van der Waals surface area contributed by atoms with E-state index in [1.165, 1.54) is 6.26 Å². The molecule has 0 bridgehead atoms. The van der Waals surface area contributed by atoms with E-state index in [1.54, 1.807) is 6.07 Å². The minimum atomic E-state index is -2.55. The van der Waals surface area contributed by atoms with Crippen molar-refractivity contribution in [3.8, 4) is 0 Å². The Kier molecular flexibility index (Phi) is 3.52. The lowest BCUT2D eigenvalue weighted by Crippen LogP contribution is -2.27. The second-order valence-corrected chi connectivity index (χ2v) is 5.04. The molecule has 1 saturated carbocycles. The Hall–Kier alpha value is -0.900. The lowest BCUT2D eigenvalue weighted by atomic mass is 9.82. The average Bonchev–Trinajstić information content (AvgIpc) is 2.62. The molecule has 1 aliphatic carbocycles. The van der Waals surface area contributed by atoms with Gasteiger partial charge in [-0.25, -0.2) is 8.78 Å². The quantitative estimate of drug-likeness (QED) is 0.876. The molecule has 0 aliphatic heterocycles. The molecular formula is C13H18F2O2. The fraction of sp³-hybridized carbons (Fsp3) is 0.692. The third kappa shape index (κ3) is 3.06. The first-order chi connectivity index (χ1) is 7.98. The molecule has 96 valence electrons. The number of aryl methyl sites for hydroxylation is 1. The fourth-order valence-corrected chi connectivity index (χ4v) is 2.63. The summed E-state index contributed by atoms with van der Waals surface area (Å²) in [6.45, 7) is 1.84. The van der Waals surface area contributed by atoms with E-state index >= 15 is 0 Å². The van der Waals surface area contributed by atoms with Crippen molar-refractivity contribution < 1.29 is 18.3 Å². The van der Waals surface area contributed by atoms with Crippen molar-refractivity contribution >= 4 is 0 Å². The lowest BCUT2D eigenvalue weighted by Gasteiger charge is -2.29. The highest BCUT2D eigenvalue weighted by Crippen LogP contribution is 2.40. The van der Waals surface area contributed by atoms with Crippen LogP contribution in [0.15, 0.2) is 16.7 Å². The van der Waals surface area contributed by atoms with Crippen molar-refractivity contribution in [2.24, 2.45) is 5.92 Å². The van der Waals surface area contributed by atoms with Crippen LogP contribution >= 0.6 is 0 Å². The summed E-state index contributed by atoms with van der Waals surface area (Å²) in [5.41, 5.74) is 0.875. The summed E-state index contributed by atoms with van der Waals surface area (Å²) in [4.78, 5) is 0. The summed E-state index contributed by atoms with van der Waals surface area (Å²) in [6, 6.07) is 1.77. The molecule has 0 amide bonds. The van der Waals surface area contributed by atoms with Gasteiger partial charge in [0.1, 0.15) is 11.9 Å². The maximum Gasteiger partial charge on any atom is 0.248 e. The minimum Gasteiger partial charge on any atom is -0.466 e. The van der Waals surface area contributed by atoms with Crippen LogP contribution in [0.2, 0.25) is 0 Å². The number of halogens is 2. The normalized spacial score (nSPS) is 25.8. The van der Waals surface area contributed by atoms with Gasteiger partial charge in [-0.2, -0.15) is 0 Å². The zero-order valence-electron chi connectivity index (χ0n) is 9.96. The largest absolute Gasteiger partial charge is 0.466 e. The number of hydrogen-bond donors (Lipinski definition) is 1. The first kappa shape index (κ1) is 12.6. The van der Waals surface area contributed by atoms with E-state index in [4.69, 9.17) is 4.42 Å². The minimum absolute atomic E-state index is 0.0145. The Labute approximate surface area is 99.6 Å². The number of hydrogen-bond acceptors (Lipinski definition) is 2. The first-order valence-electron chi connectivity index (χ1n) is 6.08. The van der Waals surface area contributed by atoms with Gasteiger partial charge < -0.3 is 9.52 Å². The first-order valence-corrected chi connectivity index (χ1v) is 6.08. The van der Waals surface area contributed by atoms with E-state index in [-0.39, 0.29) is 18.8 Å². The van der Waals surface area contributed by atoms with Crippen molar-refractivity contribution in [3.05, 3.63) is 23.7 Å². The Morgan fingerprint density at radius 3 is 2.94 bits per heavy atom. The SMILES string of the molecule is Cc1ccoc1C(O)CC1CCCC(F)(F)C1. The molecule has 2 unspecified atom stereocenters. The van der Waals surface area contributed by atoms with Gasteiger partial charge in [-0.1, -0.05) is 0 Å². The summed E-state index contributed by atoms with van der Waals surface area (Å²) < 4.78 is 31.6. The van der Waals surface area contributed by atoms with Crippen molar-refractivity contribution in [3.63, 3.8) is 0 Å². The van der Waals surface area contributed by atoms with Crippen LogP contribution in [0.4, 0.5) is 8.78 Å². The lowest BCUT2D eigenvalue weighted by molar-refractivity contribution is -0.0599. The maximum absolute atomic E-state index is 13.2. The molecule has 2 atom stereocenters. The number of rotatable bonds is 3. The van der Waals surface area contributed by atoms with E-state index in [1.807, 2.05) is 6.92 Å². The van der Waals surface area contributed by atoms with Gasteiger partial charge in [0.25, 0.3) is 0 Å². The molecule has 1 aromatic rings. The van der Waals surface area contributed by atoms with E-state index in [2.05, 4.69) is 0 Å². The fourth-order valence-electron chi connectivity index (χ4n) is 2.63. The van der Waals surface area contributed by atoms with Gasteiger partial charge in [0.05, 0.1) is 6.26 Å². The zero-order chi connectivity index (χ0) is 12.5. The summed E-state index contributed by atoms with van der Waals surface area (Å²) in [6.07, 6.45) is 2.31. The van der Waals surface area contributed by atoms with Crippen LogP contribution in [0.1, 0.15) is 49.5 Å². The van der Waals surface area contributed by atoms with Crippen LogP contribution in [0.25, 0.3) is 0 Å². The van der Waals surface area contributed by atoms with Crippen LogP contribution in [-0.2, 0) is 0 Å². The van der Waals surface area contributed by atoms with Gasteiger partial charge in [-0.15, -0.1) is 0 Å². The molecule has 4 heteroatoms. The predicted octanol–water partition coefficient (Wildman–Crippen LogP) is 3.84. The highest BCUT2D eigenvalue weighted by atomic mass is 19.3. The summed E-state index contributed by atoms with van der Waals surface area (Å²) in [5, 5.41) is 9.97. The molecule has 17 heavy (non-hydrogen) atoms. The number of aliphatic hydroxyl groups is 1. The van der Waals surface area contributed by atoms with Gasteiger partial charge in [0.2, 0.25) is 5.92 Å². The van der Waals surface area contributed by atoms with Crippen LogP contribution < -0.4 is 0 Å². The van der Waals surface area contributed by atoms with E-state index < -0.39 is 12.0 Å². The molecule has 1 fully saturated rings. The molecule has 0 spiro atoms. The maximum atomic E-state index is 13.2. The Balaban J connectivity index is 1.95. The van der Waals surface area contributed by atoms with Gasteiger partial charge in [-0.3, -0.25) is 0 Å². The second kappa shape index (κ2) is 4.77. The molecule has 1 aromatic heterocycles. The van der Waals surface area contributed by atoms with Crippen molar-refractivity contribution in [2.45, 2.75) is 51.1 Å². The summed E-state index contributed by atoms with van der Waals surface area (Å²) >= 11 is 0. The van der Waals surface area contributed by atoms with Gasteiger partial charge >= 0.3 is 0 Å². The van der Waals surface area contributed by atoms with Crippen molar-refractivity contribution in [1.82, 2.24) is 0 Å². The molecule has 1 heterocycles. The molecule has 2 nitrogen and oxygen atoms in total. The van der Waals surface area contributed by atoms with Gasteiger partial charge in [0.15, 0.2) is 0 Å². The molecule has 0 saturated heterocycles. The monoisotopic (exact) mass is 244 g/mol. The third-order valence-corrected chi connectivity index (χ3v) is 3.50. The topological polar surface area (TPSA) is 33.4 Å². The van der Waals surface area contributed by atoms with Gasteiger partial charge in [0, 0.05) is 12.8 Å². The molecule has 1 N–H and O–H groups in total. The van der Waals surface area contributed by atoms with E-state index in [9.17, 15) is 13.9 Å². The smallest absolute Gasteiger partial charge is 0.248 e. The van der Waals surface area contributed by atoms with Crippen LogP contribution in [0.5, 0.6) is 0 Å². The summed E-state index contributed by atoms with van der Waals surface area (Å²) in [5.74, 6) is -2.15. The highest BCUT2D eigenvalue weighted by Gasteiger charge is 2.37. The van der Waals surface area contributed by atoms with Crippen LogP contribution in [0, 0.1) is 12.8 Å².